The third-order valence-corrected chi connectivity index (χ3v) is 4.37. The van der Waals surface area contributed by atoms with Gasteiger partial charge in [0.05, 0.1) is 11.3 Å². The van der Waals surface area contributed by atoms with Crippen LogP contribution in [0.2, 0.25) is 0 Å². The third kappa shape index (κ3) is 4.38. The summed E-state index contributed by atoms with van der Waals surface area (Å²) in [6, 6.07) is 4.59. The van der Waals surface area contributed by atoms with Crippen LogP contribution in [0.4, 0.5) is 17.6 Å². The number of hydrogen-bond acceptors (Lipinski definition) is 3. The largest absolute Gasteiger partial charge is 0.416 e. The molecule has 1 aliphatic rings. The van der Waals surface area contributed by atoms with Crippen LogP contribution in [0.25, 0.3) is 0 Å². The van der Waals surface area contributed by atoms with Gasteiger partial charge < -0.3 is 10.1 Å². The van der Waals surface area contributed by atoms with Crippen LogP contribution in [0.15, 0.2) is 30.5 Å². The number of nitrogens with zero attached hydrogens (tertiary/aromatic N) is 1. The summed E-state index contributed by atoms with van der Waals surface area (Å²) in [6.45, 7) is 1.16. The van der Waals surface area contributed by atoms with Gasteiger partial charge in [0, 0.05) is 31.8 Å². The van der Waals surface area contributed by atoms with E-state index in [9.17, 15) is 17.6 Å². The molecule has 0 saturated carbocycles. The van der Waals surface area contributed by atoms with E-state index in [0.717, 1.165) is 24.6 Å². The Hall–Kier alpha value is -1.93. The first-order chi connectivity index (χ1) is 11.9. The van der Waals surface area contributed by atoms with E-state index in [1.165, 1.54) is 6.07 Å². The molecule has 2 aromatic rings. The number of aromatic nitrogens is 2. The van der Waals surface area contributed by atoms with E-state index in [0.29, 0.717) is 19.2 Å². The maximum atomic E-state index is 13.2. The average Bonchev–Trinajstić information content (AvgIpc) is 3.10. The van der Waals surface area contributed by atoms with Crippen molar-refractivity contribution in [1.82, 2.24) is 15.5 Å². The monoisotopic (exact) mass is 357 g/mol. The summed E-state index contributed by atoms with van der Waals surface area (Å²) in [4.78, 5) is 0. The molecule has 0 spiro atoms. The SMILES string of the molecule is Fc1ccc(CNC[C@@H]2CCCO[C@H]2c2ccn[nH]2)c(C(F)(F)F)c1. The van der Waals surface area contributed by atoms with Crippen LogP contribution in [0, 0.1) is 11.7 Å². The maximum Gasteiger partial charge on any atom is 0.416 e. The van der Waals surface area contributed by atoms with Crippen LogP contribution >= 0.6 is 0 Å². The van der Waals surface area contributed by atoms with E-state index in [1.807, 2.05) is 6.07 Å². The van der Waals surface area contributed by atoms with Gasteiger partial charge in [-0.2, -0.15) is 18.3 Å². The number of H-pyrrole nitrogens is 1. The quantitative estimate of drug-likeness (QED) is 0.800. The van der Waals surface area contributed by atoms with E-state index in [4.69, 9.17) is 4.74 Å². The Labute approximate surface area is 142 Å². The highest BCUT2D eigenvalue weighted by Gasteiger charge is 2.34. The lowest BCUT2D eigenvalue weighted by molar-refractivity contribution is -0.138. The predicted molar refractivity (Wildman–Crippen MR) is 83.1 cm³/mol. The Morgan fingerprint density at radius 2 is 2.12 bits per heavy atom. The first kappa shape index (κ1) is 17.9. The third-order valence-electron chi connectivity index (χ3n) is 4.37. The molecule has 2 heterocycles. The molecule has 1 fully saturated rings. The van der Waals surface area contributed by atoms with Crippen molar-refractivity contribution in [2.45, 2.75) is 31.7 Å². The topological polar surface area (TPSA) is 49.9 Å². The van der Waals surface area contributed by atoms with Gasteiger partial charge in [-0.05, 0) is 36.6 Å². The van der Waals surface area contributed by atoms with Crippen molar-refractivity contribution >= 4 is 0 Å². The summed E-state index contributed by atoms with van der Waals surface area (Å²) in [7, 11) is 0. The zero-order chi connectivity index (χ0) is 17.9. The fourth-order valence-electron chi connectivity index (χ4n) is 3.18. The summed E-state index contributed by atoms with van der Waals surface area (Å²) in [5.41, 5.74) is -0.0435. The molecular formula is C17H19F4N3O. The van der Waals surface area contributed by atoms with Crippen LogP contribution in [-0.4, -0.2) is 23.3 Å². The molecule has 0 radical (unpaired) electrons. The Morgan fingerprint density at radius 3 is 2.84 bits per heavy atom. The standard InChI is InChI=1S/C17H19F4N3O/c18-13-4-3-11(14(8-13)17(19,20)21)9-22-10-12-2-1-7-25-16(12)15-5-6-23-24-15/h3-6,8,12,16,22H,1-2,7,9-10H2,(H,23,24)/t12-,16+/m0/s1. The summed E-state index contributed by atoms with van der Waals surface area (Å²) in [6.07, 6.45) is -1.27. The number of ether oxygens (including phenoxy) is 1. The second-order valence-corrected chi connectivity index (χ2v) is 6.14. The summed E-state index contributed by atoms with van der Waals surface area (Å²) < 4.78 is 58.0. The zero-order valence-electron chi connectivity index (χ0n) is 13.4. The van der Waals surface area contributed by atoms with Gasteiger partial charge in [0.1, 0.15) is 11.9 Å². The second-order valence-electron chi connectivity index (χ2n) is 6.14. The van der Waals surface area contributed by atoms with E-state index in [2.05, 4.69) is 15.5 Å². The smallest absolute Gasteiger partial charge is 0.372 e. The highest BCUT2D eigenvalue weighted by Crippen LogP contribution is 2.34. The number of nitrogens with one attached hydrogen (secondary N) is 2. The molecule has 8 heteroatoms. The minimum Gasteiger partial charge on any atom is -0.372 e. The molecule has 2 N–H and O–H groups in total. The van der Waals surface area contributed by atoms with Gasteiger partial charge in [-0.3, -0.25) is 5.10 Å². The molecular weight excluding hydrogens is 338 g/mol. The maximum absolute atomic E-state index is 13.2. The second kappa shape index (κ2) is 7.53. The molecule has 0 bridgehead atoms. The van der Waals surface area contributed by atoms with Crippen LogP contribution in [-0.2, 0) is 17.5 Å². The van der Waals surface area contributed by atoms with Gasteiger partial charge in [-0.25, -0.2) is 4.39 Å². The van der Waals surface area contributed by atoms with Gasteiger partial charge in [0.2, 0.25) is 0 Å². The highest BCUT2D eigenvalue weighted by molar-refractivity contribution is 5.30. The van der Waals surface area contributed by atoms with E-state index in [1.54, 1.807) is 6.20 Å². The van der Waals surface area contributed by atoms with Crippen molar-refractivity contribution in [3.05, 3.63) is 53.1 Å². The predicted octanol–water partition coefficient (Wildman–Crippen LogP) is 3.83. The van der Waals surface area contributed by atoms with E-state index in [-0.39, 0.29) is 24.1 Å². The Balaban J connectivity index is 1.64. The minimum absolute atomic E-state index is 0.0152. The van der Waals surface area contributed by atoms with Crippen molar-refractivity contribution in [2.75, 3.05) is 13.2 Å². The number of benzene rings is 1. The van der Waals surface area contributed by atoms with Crippen molar-refractivity contribution < 1.29 is 22.3 Å². The molecule has 1 aromatic carbocycles. The molecule has 1 saturated heterocycles. The van der Waals surface area contributed by atoms with Crippen LogP contribution in [0.3, 0.4) is 0 Å². The van der Waals surface area contributed by atoms with Gasteiger partial charge in [0.25, 0.3) is 0 Å². The van der Waals surface area contributed by atoms with E-state index >= 15 is 0 Å². The first-order valence-corrected chi connectivity index (χ1v) is 8.12. The van der Waals surface area contributed by atoms with Gasteiger partial charge in [-0.1, -0.05) is 6.07 Å². The highest BCUT2D eigenvalue weighted by atomic mass is 19.4. The number of rotatable bonds is 5. The number of halogens is 4. The number of aromatic amines is 1. The normalized spacial score (nSPS) is 21.4. The zero-order valence-corrected chi connectivity index (χ0v) is 13.4. The van der Waals surface area contributed by atoms with Gasteiger partial charge >= 0.3 is 6.18 Å². The fraction of sp³-hybridized carbons (Fsp3) is 0.471. The van der Waals surface area contributed by atoms with Crippen molar-refractivity contribution in [1.29, 1.82) is 0 Å². The van der Waals surface area contributed by atoms with Crippen molar-refractivity contribution in [3.63, 3.8) is 0 Å². The van der Waals surface area contributed by atoms with Crippen molar-refractivity contribution in [2.24, 2.45) is 5.92 Å². The molecule has 0 unspecified atom stereocenters. The summed E-state index contributed by atoms with van der Waals surface area (Å²) >= 11 is 0. The lowest BCUT2D eigenvalue weighted by Crippen LogP contribution is -2.32. The minimum atomic E-state index is -4.58. The van der Waals surface area contributed by atoms with E-state index < -0.39 is 17.6 Å². The molecule has 0 aliphatic carbocycles. The molecule has 4 nitrogen and oxygen atoms in total. The summed E-state index contributed by atoms with van der Waals surface area (Å²) in [5, 5.41) is 9.87. The van der Waals surface area contributed by atoms with Crippen molar-refractivity contribution in [3.8, 4) is 0 Å². The molecule has 3 rings (SSSR count). The average molecular weight is 357 g/mol. The first-order valence-electron chi connectivity index (χ1n) is 8.12. The molecule has 2 atom stereocenters. The lowest BCUT2D eigenvalue weighted by Gasteiger charge is -2.31. The molecule has 136 valence electrons. The number of alkyl halides is 3. The molecule has 1 aromatic heterocycles. The Morgan fingerprint density at radius 1 is 1.28 bits per heavy atom. The van der Waals surface area contributed by atoms with Crippen LogP contribution < -0.4 is 5.32 Å². The lowest BCUT2D eigenvalue weighted by atomic mass is 9.92. The van der Waals surface area contributed by atoms with Crippen LogP contribution in [0.1, 0.15) is 35.8 Å². The summed E-state index contributed by atoms with van der Waals surface area (Å²) in [5.74, 6) is -0.764. The van der Waals surface area contributed by atoms with Gasteiger partial charge in [-0.15, -0.1) is 0 Å². The fourth-order valence-corrected chi connectivity index (χ4v) is 3.18. The van der Waals surface area contributed by atoms with Crippen LogP contribution in [0.5, 0.6) is 0 Å². The Kier molecular flexibility index (Phi) is 5.39. The Bertz CT molecular complexity index is 688. The van der Waals surface area contributed by atoms with Gasteiger partial charge in [0.15, 0.2) is 0 Å². The molecule has 25 heavy (non-hydrogen) atoms. The molecule has 1 aliphatic heterocycles. The molecule has 0 amide bonds. The number of hydrogen-bond donors (Lipinski definition) is 2.